The first-order valence-corrected chi connectivity index (χ1v) is 9.92. The number of amides is 1. The van der Waals surface area contributed by atoms with Gasteiger partial charge in [-0.3, -0.25) is 4.79 Å². The standard InChI is InChI=1S/C18H16ClN3O4S/c19-17-6-5-15(27(24,25)22-7-9-26-10-8-22)11-16(17)18(23)21-14-3-1-13(12-20)2-4-14/h1-6,11H,7-10H2,(H,21,23). The maximum Gasteiger partial charge on any atom is 0.257 e. The average Bonchev–Trinajstić information content (AvgIpc) is 2.69. The summed E-state index contributed by atoms with van der Waals surface area (Å²) in [4.78, 5) is 12.6. The van der Waals surface area contributed by atoms with Crippen LogP contribution in [-0.2, 0) is 14.8 Å². The number of benzene rings is 2. The molecule has 2 aromatic rings. The quantitative estimate of drug-likeness (QED) is 0.842. The van der Waals surface area contributed by atoms with Crippen LogP contribution in [0, 0.1) is 11.3 Å². The van der Waals surface area contributed by atoms with E-state index in [2.05, 4.69) is 5.32 Å². The highest BCUT2D eigenvalue weighted by molar-refractivity contribution is 7.89. The van der Waals surface area contributed by atoms with Gasteiger partial charge >= 0.3 is 0 Å². The molecule has 0 atom stereocenters. The van der Waals surface area contributed by atoms with Crippen LogP contribution < -0.4 is 5.32 Å². The van der Waals surface area contributed by atoms with Crippen LogP contribution in [0.5, 0.6) is 0 Å². The zero-order chi connectivity index (χ0) is 19.4. The van der Waals surface area contributed by atoms with Crippen LogP contribution in [0.1, 0.15) is 15.9 Å². The Morgan fingerprint density at radius 2 is 1.81 bits per heavy atom. The van der Waals surface area contributed by atoms with E-state index >= 15 is 0 Å². The molecule has 3 rings (SSSR count). The van der Waals surface area contributed by atoms with E-state index in [1.807, 2.05) is 6.07 Å². The van der Waals surface area contributed by atoms with Crippen molar-refractivity contribution in [2.75, 3.05) is 31.6 Å². The SMILES string of the molecule is N#Cc1ccc(NC(=O)c2cc(S(=O)(=O)N3CCOCC3)ccc2Cl)cc1. The Balaban J connectivity index is 1.86. The van der Waals surface area contributed by atoms with Crippen molar-refractivity contribution in [3.63, 3.8) is 0 Å². The van der Waals surface area contributed by atoms with E-state index in [1.165, 1.54) is 22.5 Å². The van der Waals surface area contributed by atoms with E-state index in [1.54, 1.807) is 24.3 Å². The molecule has 7 nitrogen and oxygen atoms in total. The number of carbonyl (C=O) groups excluding carboxylic acids is 1. The summed E-state index contributed by atoms with van der Waals surface area (Å²) in [6.07, 6.45) is 0. The Morgan fingerprint density at radius 3 is 2.44 bits per heavy atom. The van der Waals surface area contributed by atoms with Gasteiger partial charge in [0.1, 0.15) is 0 Å². The van der Waals surface area contributed by atoms with Gasteiger partial charge in [0.05, 0.1) is 40.3 Å². The van der Waals surface area contributed by atoms with Crippen LogP contribution in [0.2, 0.25) is 5.02 Å². The number of ether oxygens (including phenoxy) is 1. The molecule has 1 amide bonds. The number of nitrogens with one attached hydrogen (secondary N) is 1. The normalized spacial score (nSPS) is 15.1. The second-order valence-electron chi connectivity index (χ2n) is 5.80. The van der Waals surface area contributed by atoms with E-state index in [0.29, 0.717) is 24.5 Å². The minimum atomic E-state index is -3.74. The predicted molar refractivity (Wildman–Crippen MR) is 100 cm³/mol. The molecule has 0 aliphatic carbocycles. The number of rotatable bonds is 4. The third kappa shape index (κ3) is 4.28. The molecule has 1 aliphatic heterocycles. The molecule has 1 saturated heterocycles. The first kappa shape index (κ1) is 19.3. The topological polar surface area (TPSA) is 99.5 Å². The van der Waals surface area contributed by atoms with Crippen molar-refractivity contribution in [1.82, 2.24) is 4.31 Å². The summed E-state index contributed by atoms with van der Waals surface area (Å²) in [5.41, 5.74) is 0.983. The summed E-state index contributed by atoms with van der Waals surface area (Å²) in [5.74, 6) is -0.538. The van der Waals surface area contributed by atoms with Crippen molar-refractivity contribution in [2.24, 2.45) is 0 Å². The number of hydrogen-bond donors (Lipinski definition) is 1. The highest BCUT2D eigenvalue weighted by Gasteiger charge is 2.27. The van der Waals surface area contributed by atoms with Gasteiger partial charge in [0.15, 0.2) is 0 Å². The third-order valence-corrected chi connectivity index (χ3v) is 6.29. The summed E-state index contributed by atoms with van der Waals surface area (Å²) >= 11 is 6.11. The van der Waals surface area contributed by atoms with Gasteiger partial charge in [0.2, 0.25) is 10.0 Å². The second kappa shape index (κ2) is 8.06. The fourth-order valence-corrected chi connectivity index (χ4v) is 4.24. The van der Waals surface area contributed by atoms with Gasteiger partial charge in [0, 0.05) is 18.8 Å². The minimum Gasteiger partial charge on any atom is -0.379 e. The Labute approximate surface area is 162 Å². The van der Waals surface area contributed by atoms with Gasteiger partial charge in [-0.05, 0) is 42.5 Å². The molecular weight excluding hydrogens is 390 g/mol. The maximum absolute atomic E-state index is 12.8. The van der Waals surface area contributed by atoms with Crippen LogP contribution in [0.15, 0.2) is 47.4 Å². The van der Waals surface area contributed by atoms with Crippen molar-refractivity contribution < 1.29 is 17.9 Å². The smallest absolute Gasteiger partial charge is 0.257 e. The molecule has 0 unspecified atom stereocenters. The molecule has 9 heteroatoms. The van der Waals surface area contributed by atoms with E-state index in [-0.39, 0.29) is 28.6 Å². The number of carbonyl (C=O) groups is 1. The first-order valence-electron chi connectivity index (χ1n) is 8.11. The lowest BCUT2D eigenvalue weighted by atomic mass is 10.2. The van der Waals surface area contributed by atoms with Gasteiger partial charge in [-0.1, -0.05) is 11.6 Å². The summed E-state index contributed by atoms with van der Waals surface area (Å²) in [5, 5.41) is 11.6. The zero-order valence-corrected chi connectivity index (χ0v) is 15.8. The molecule has 0 radical (unpaired) electrons. The number of morpholine rings is 1. The summed E-state index contributed by atoms with van der Waals surface area (Å²) in [6, 6.07) is 12.3. The Hall–Kier alpha value is -2.44. The number of hydrogen-bond acceptors (Lipinski definition) is 5. The molecule has 1 N–H and O–H groups in total. The molecule has 27 heavy (non-hydrogen) atoms. The number of halogens is 1. The third-order valence-electron chi connectivity index (χ3n) is 4.06. The molecule has 0 spiro atoms. The number of nitriles is 1. The second-order valence-corrected chi connectivity index (χ2v) is 8.15. The van der Waals surface area contributed by atoms with Crippen molar-refractivity contribution in [3.8, 4) is 6.07 Å². The van der Waals surface area contributed by atoms with Crippen molar-refractivity contribution in [3.05, 3.63) is 58.6 Å². The van der Waals surface area contributed by atoms with Crippen LogP contribution in [-0.4, -0.2) is 44.9 Å². The van der Waals surface area contributed by atoms with Crippen LogP contribution in [0.25, 0.3) is 0 Å². The molecule has 1 aliphatic rings. The zero-order valence-electron chi connectivity index (χ0n) is 14.2. The monoisotopic (exact) mass is 405 g/mol. The van der Waals surface area contributed by atoms with Gasteiger partial charge < -0.3 is 10.1 Å². The van der Waals surface area contributed by atoms with Gasteiger partial charge in [-0.15, -0.1) is 0 Å². The van der Waals surface area contributed by atoms with Crippen molar-refractivity contribution in [2.45, 2.75) is 4.90 Å². The van der Waals surface area contributed by atoms with E-state index < -0.39 is 15.9 Å². The maximum atomic E-state index is 12.8. The summed E-state index contributed by atoms with van der Waals surface area (Å²) < 4.78 is 32.0. The fourth-order valence-electron chi connectivity index (χ4n) is 2.60. The number of nitrogens with zero attached hydrogens (tertiary/aromatic N) is 2. The van der Waals surface area contributed by atoms with Gasteiger partial charge in [-0.25, -0.2) is 8.42 Å². The Bertz CT molecular complexity index is 994. The molecule has 1 fully saturated rings. The number of sulfonamides is 1. The van der Waals surface area contributed by atoms with E-state index in [4.69, 9.17) is 21.6 Å². The highest BCUT2D eigenvalue weighted by Crippen LogP contribution is 2.24. The fraction of sp³-hybridized carbons (Fsp3) is 0.222. The largest absolute Gasteiger partial charge is 0.379 e. The van der Waals surface area contributed by atoms with E-state index in [0.717, 1.165) is 0 Å². The van der Waals surface area contributed by atoms with Crippen molar-refractivity contribution in [1.29, 1.82) is 5.26 Å². The molecule has 2 aromatic carbocycles. The lowest BCUT2D eigenvalue weighted by molar-refractivity contribution is 0.0730. The number of anilines is 1. The van der Waals surface area contributed by atoms with Crippen LogP contribution in [0.3, 0.4) is 0 Å². The Morgan fingerprint density at radius 1 is 1.15 bits per heavy atom. The molecule has 0 bridgehead atoms. The molecule has 0 aromatic heterocycles. The Kier molecular flexibility index (Phi) is 5.77. The molecule has 140 valence electrons. The summed E-state index contributed by atoms with van der Waals surface area (Å²) in [6.45, 7) is 1.19. The predicted octanol–water partition coefficient (Wildman–Crippen LogP) is 2.48. The highest BCUT2D eigenvalue weighted by atomic mass is 35.5. The van der Waals surface area contributed by atoms with Crippen molar-refractivity contribution >= 4 is 33.2 Å². The minimum absolute atomic E-state index is 0.00113. The molecule has 1 heterocycles. The molecule has 0 saturated carbocycles. The van der Waals surface area contributed by atoms with E-state index in [9.17, 15) is 13.2 Å². The average molecular weight is 406 g/mol. The van der Waals surface area contributed by atoms with Crippen LogP contribution >= 0.6 is 11.6 Å². The lowest BCUT2D eigenvalue weighted by Gasteiger charge is -2.26. The lowest BCUT2D eigenvalue weighted by Crippen LogP contribution is -2.40. The van der Waals surface area contributed by atoms with Gasteiger partial charge in [-0.2, -0.15) is 9.57 Å². The van der Waals surface area contributed by atoms with Crippen LogP contribution in [0.4, 0.5) is 5.69 Å². The summed E-state index contributed by atoms with van der Waals surface area (Å²) in [7, 11) is -3.74. The van der Waals surface area contributed by atoms with Gasteiger partial charge in [0.25, 0.3) is 5.91 Å². The molecular formula is C18H16ClN3O4S. The first-order chi connectivity index (χ1) is 12.9.